The molecular formula is C11H17NO2. The molecule has 0 fully saturated rings. The first-order valence-corrected chi connectivity index (χ1v) is 4.82. The first-order chi connectivity index (χ1) is 6.74. The van der Waals surface area contributed by atoms with Crippen molar-refractivity contribution in [1.82, 2.24) is 5.32 Å². The van der Waals surface area contributed by atoms with Gasteiger partial charge in [0.15, 0.2) is 0 Å². The van der Waals surface area contributed by atoms with Crippen molar-refractivity contribution < 1.29 is 10.2 Å². The Bertz CT molecular complexity index is 276. The van der Waals surface area contributed by atoms with Crippen LogP contribution in [-0.2, 0) is 6.54 Å². The molecular weight excluding hydrogens is 178 g/mol. The van der Waals surface area contributed by atoms with E-state index in [4.69, 9.17) is 5.11 Å². The minimum atomic E-state index is 0.188. The standard InChI is InChI=1S/C11H17NO2/c1-9(8-13)6-12-7-10-4-2-3-5-11(10)14/h2-5,9,12-14H,6-8H2,1H3. The van der Waals surface area contributed by atoms with Crippen molar-refractivity contribution in [3.8, 4) is 5.75 Å². The summed E-state index contributed by atoms with van der Waals surface area (Å²) in [7, 11) is 0. The maximum atomic E-state index is 9.44. The lowest BCUT2D eigenvalue weighted by Crippen LogP contribution is -2.22. The van der Waals surface area contributed by atoms with Gasteiger partial charge in [0.2, 0.25) is 0 Å². The first kappa shape index (κ1) is 11.0. The van der Waals surface area contributed by atoms with Crippen molar-refractivity contribution in [2.45, 2.75) is 13.5 Å². The van der Waals surface area contributed by atoms with E-state index >= 15 is 0 Å². The molecule has 1 rings (SSSR count). The van der Waals surface area contributed by atoms with Crippen molar-refractivity contribution >= 4 is 0 Å². The molecule has 3 N–H and O–H groups in total. The van der Waals surface area contributed by atoms with Crippen LogP contribution in [0.5, 0.6) is 5.75 Å². The zero-order valence-electron chi connectivity index (χ0n) is 8.40. The number of benzene rings is 1. The fourth-order valence-corrected chi connectivity index (χ4v) is 1.18. The average molecular weight is 195 g/mol. The molecule has 1 unspecified atom stereocenters. The van der Waals surface area contributed by atoms with Crippen LogP contribution in [0, 0.1) is 5.92 Å². The number of hydrogen-bond acceptors (Lipinski definition) is 3. The Morgan fingerprint density at radius 3 is 2.71 bits per heavy atom. The molecule has 0 spiro atoms. The molecule has 14 heavy (non-hydrogen) atoms. The molecule has 0 amide bonds. The molecule has 0 heterocycles. The predicted octanol–water partition coefficient (Wildman–Crippen LogP) is 1.11. The van der Waals surface area contributed by atoms with Gasteiger partial charge in [-0.3, -0.25) is 0 Å². The van der Waals surface area contributed by atoms with Crippen LogP contribution < -0.4 is 5.32 Å². The van der Waals surface area contributed by atoms with E-state index in [-0.39, 0.29) is 12.5 Å². The van der Waals surface area contributed by atoms with Gasteiger partial charge in [-0.1, -0.05) is 25.1 Å². The Labute approximate surface area is 84.4 Å². The van der Waals surface area contributed by atoms with E-state index in [1.807, 2.05) is 19.1 Å². The van der Waals surface area contributed by atoms with Gasteiger partial charge < -0.3 is 15.5 Å². The molecule has 0 saturated carbocycles. The SMILES string of the molecule is CC(CO)CNCc1ccccc1O. The van der Waals surface area contributed by atoms with Gasteiger partial charge in [-0.05, 0) is 12.0 Å². The third-order valence-electron chi connectivity index (χ3n) is 2.11. The summed E-state index contributed by atoms with van der Waals surface area (Å²) in [6.45, 7) is 3.55. The largest absolute Gasteiger partial charge is 0.508 e. The predicted molar refractivity (Wildman–Crippen MR) is 56.1 cm³/mol. The number of aromatic hydroxyl groups is 1. The van der Waals surface area contributed by atoms with E-state index in [1.165, 1.54) is 0 Å². The lowest BCUT2D eigenvalue weighted by atomic mass is 10.1. The maximum absolute atomic E-state index is 9.44. The van der Waals surface area contributed by atoms with Crippen LogP contribution >= 0.6 is 0 Å². The highest BCUT2D eigenvalue weighted by Gasteiger charge is 2.01. The Balaban J connectivity index is 2.35. The summed E-state index contributed by atoms with van der Waals surface area (Å²) in [5.74, 6) is 0.567. The van der Waals surface area contributed by atoms with Crippen LogP contribution in [0.15, 0.2) is 24.3 Å². The van der Waals surface area contributed by atoms with Crippen molar-refractivity contribution in [2.75, 3.05) is 13.2 Å². The van der Waals surface area contributed by atoms with Crippen molar-refractivity contribution in [3.63, 3.8) is 0 Å². The summed E-state index contributed by atoms with van der Waals surface area (Å²) in [5.41, 5.74) is 0.887. The third-order valence-corrected chi connectivity index (χ3v) is 2.11. The second-order valence-electron chi connectivity index (χ2n) is 3.55. The van der Waals surface area contributed by atoms with Crippen LogP contribution in [-0.4, -0.2) is 23.4 Å². The zero-order valence-corrected chi connectivity index (χ0v) is 8.40. The second-order valence-corrected chi connectivity index (χ2v) is 3.55. The number of aliphatic hydroxyl groups is 1. The Morgan fingerprint density at radius 2 is 2.07 bits per heavy atom. The van der Waals surface area contributed by atoms with Gasteiger partial charge in [0, 0.05) is 25.3 Å². The molecule has 0 bridgehead atoms. The average Bonchev–Trinajstić information content (AvgIpc) is 2.20. The molecule has 0 radical (unpaired) electrons. The number of aliphatic hydroxyl groups excluding tert-OH is 1. The highest BCUT2D eigenvalue weighted by atomic mass is 16.3. The summed E-state index contributed by atoms with van der Waals surface area (Å²) in [5, 5.41) is 21.4. The number of rotatable bonds is 5. The van der Waals surface area contributed by atoms with E-state index in [0.29, 0.717) is 12.3 Å². The van der Waals surface area contributed by atoms with E-state index in [2.05, 4.69) is 5.32 Å². The molecule has 1 aromatic rings. The van der Waals surface area contributed by atoms with Crippen molar-refractivity contribution in [3.05, 3.63) is 29.8 Å². The number of phenolic OH excluding ortho intramolecular Hbond substituents is 1. The molecule has 3 nitrogen and oxygen atoms in total. The third kappa shape index (κ3) is 3.36. The highest BCUT2D eigenvalue weighted by Crippen LogP contribution is 2.14. The number of hydrogen-bond donors (Lipinski definition) is 3. The van der Waals surface area contributed by atoms with E-state index in [9.17, 15) is 5.11 Å². The van der Waals surface area contributed by atoms with Crippen LogP contribution in [0.4, 0.5) is 0 Å². The lowest BCUT2D eigenvalue weighted by molar-refractivity contribution is 0.233. The second kappa shape index (κ2) is 5.62. The van der Waals surface area contributed by atoms with Gasteiger partial charge in [-0.2, -0.15) is 0 Å². The minimum Gasteiger partial charge on any atom is -0.508 e. The lowest BCUT2D eigenvalue weighted by Gasteiger charge is -2.10. The number of nitrogens with one attached hydrogen (secondary N) is 1. The molecule has 0 aliphatic carbocycles. The molecule has 1 atom stereocenters. The highest BCUT2D eigenvalue weighted by molar-refractivity contribution is 5.31. The molecule has 1 aromatic carbocycles. The zero-order chi connectivity index (χ0) is 10.4. The summed E-state index contributed by atoms with van der Waals surface area (Å²) < 4.78 is 0. The summed E-state index contributed by atoms with van der Waals surface area (Å²) in [6.07, 6.45) is 0. The van der Waals surface area contributed by atoms with Gasteiger partial charge in [0.25, 0.3) is 0 Å². The summed E-state index contributed by atoms with van der Waals surface area (Å²) >= 11 is 0. The normalized spacial score (nSPS) is 12.7. The van der Waals surface area contributed by atoms with Crippen LogP contribution in [0.25, 0.3) is 0 Å². The quantitative estimate of drug-likeness (QED) is 0.659. The van der Waals surface area contributed by atoms with Gasteiger partial charge in [-0.15, -0.1) is 0 Å². The van der Waals surface area contributed by atoms with Crippen molar-refractivity contribution in [1.29, 1.82) is 0 Å². The first-order valence-electron chi connectivity index (χ1n) is 4.82. The topological polar surface area (TPSA) is 52.5 Å². The molecule has 0 aliphatic heterocycles. The molecule has 0 aliphatic rings. The fraction of sp³-hybridized carbons (Fsp3) is 0.455. The fourth-order valence-electron chi connectivity index (χ4n) is 1.18. The van der Waals surface area contributed by atoms with Crippen LogP contribution in [0.1, 0.15) is 12.5 Å². The molecule has 3 heteroatoms. The Kier molecular flexibility index (Phi) is 4.43. The molecule has 0 saturated heterocycles. The minimum absolute atomic E-state index is 0.188. The monoisotopic (exact) mass is 195 g/mol. The number of para-hydroxylation sites is 1. The Morgan fingerprint density at radius 1 is 1.36 bits per heavy atom. The summed E-state index contributed by atoms with van der Waals surface area (Å²) in [6, 6.07) is 7.25. The van der Waals surface area contributed by atoms with Gasteiger partial charge in [0.05, 0.1) is 0 Å². The van der Waals surface area contributed by atoms with E-state index < -0.39 is 0 Å². The Hall–Kier alpha value is -1.06. The van der Waals surface area contributed by atoms with E-state index in [0.717, 1.165) is 12.1 Å². The van der Waals surface area contributed by atoms with E-state index in [1.54, 1.807) is 12.1 Å². The maximum Gasteiger partial charge on any atom is 0.120 e. The molecule has 0 aromatic heterocycles. The van der Waals surface area contributed by atoms with Crippen LogP contribution in [0.3, 0.4) is 0 Å². The van der Waals surface area contributed by atoms with Gasteiger partial charge in [-0.25, -0.2) is 0 Å². The van der Waals surface area contributed by atoms with Crippen molar-refractivity contribution in [2.24, 2.45) is 5.92 Å². The number of phenols is 1. The van der Waals surface area contributed by atoms with Gasteiger partial charge in [0.1, 0.15) is 5.75 Å². The smallest absolute Gasteiger partial charge is 0.120 e. The summed E-state index contributed by atoms with van der Waals surface area (Å²) in [4.78, 5) is 0. The van der Waals surface area contributed by atoms with Gasteiger partial charge >= 0.3 is 0 Å². The molecule has 78 valence electrons. The van der Waals surface area contributed by atoms with Crippen LogP contribution in [0.2, 0.25) is 0 Å².